The van der Waals surface area contributed by atoms with Crippen LogP contribution in [0.4, 0.5) is 5.69 Å². The van der Waals surface area contributed by atoms with Crippen LogP contribution >= 0.6 is 0 Å². The fourth-order valence-electron chi connectivity index (χ4n) is 2.50. The quantitative estimate of drug-likeness (QED) is 0.465. The highest BCUT2D eigenvalue weighted by Crippen LogP contribution is 2.32. The molecule has 0 aliphatic rings. The van der Waals surface area contributed by atoms with Gasteiger partial charge in [-0.15, -0.1) is 0 Å². The van der Waals surface area contributed by atoms with E-state index in [2.05, 4.69) is 11.7 Å². The monoisotopic (exact) mass is 304 g/mol. The molecule has 2 aromatic rings. The molecule has 0 aliphatic carbocycles. The minimum absolute atomic E-state index is 0.140. The summed E-state index contributed by atoms with van der Waals surface area (Å²) in [6.07, 6.45) is 4.00. The Balaban J connectivity index is 2.57. The Morgan fingerprint density at radius 1 is 1.32 bits per heavy atom. The maximum absolute atomic E-state index is 12.4. The molecule has 0 atom stereocenters. The molecule has 0 bridgehead atoms. The van der Waals surface area contributed by atoms with Crippen molar-refractivity contribution < 1.29 is 14.6 Å². The van der Waals surface area contributed by atoms with Crippen LogP contribution in [0.3, 0.4) is 0 Å². The number of nitrogen functional groups attached to an aromatic ring is 1. The van der Waals surface area contributed by atoms with E-state index in [1.807, 2.05) is 0 Å². The number of nitrogens with two attached hydrogens (primary N) is 1. The van der Waals surface area contributed by atoms with Crippen LogP contribution in [0.2, 0.25) is 0 Å². The number of unbranched alkanes of at least 4 members (excludes halogenated alkanes) is 3. The zero-order valence-electron chi connectivity index (χ0n) is 12.5. The Morgan fingerprint density at radius 2 is 2.09 bits per heavy atom. The van der Waals surface area contributed by atoms with E-state index in [0.717, 1.165) is 25.7 Å². The lowest BCUT2D eigenvalue weighted by molar-refractivity contribution is -0.120. The first-order valence-corrected chi connectivity index (χ1v) is 7.35. The van der Waals surface area contributed by atoms with Crippen molar-refractivity contribution >= 4 is 23.1 Å². The highest BCUT2D eigenvalue weighted by Gasteiger charge is 2.17. The van der Waals surface area contributed by atoms with Gasteiger partial charge in [0.25, 0.3) is 12.0 Å². The Kier molecular flexibility index (Phi) is 5.04. The van der Waals surface area contributed by atoms with E-state index < -0.39 is 5.56 Å². The number of aromatic nitrogens is 1. The number of fused-ring (bicyclic) bond motifs is 1. The van der Waals surface area contributed by atoms with E-state index in [1.165, 1.54) is 4.57 Å². The van der Waals surface area contributed by atoms with Gasteiger partial charge in [0.05, 0.1) is 5.52 Å². The molecule has 0 aliphatic heterocycles. The van der Waals surface area contributed by atoms with Gasteiger partial charge in [0.15, 0.2) is 5.75 Å². The van der Waals surface area contributed by atoms with Gasteiger partial charge in [0.1, 0.15) is 0 Å². The molecule has 0 fully saturated rings. The first-order chi connectivity index (χ1) is 10.6. The highest BCUT2D eigenvalue weighted by molar-refractivity contribution is 5.90. The molecular weight excluding hydrogens is 284 g/mol. The average molecular weight is 304 g/mol. The van der Waals surface area contributed by atoms with Crippen LogP contribution < -0.4 is 16.0 Å². The number of anilines is 1. The molecule has 0 unspecified atom stereocenters. The van der Waals surface area contributed by atoms with Crippen molar-refractivity contribution in [3.63, 3.8) is 0 Å². The summed E-state index contributed by atoms with van der Waals surface area (Å²) in [5, 5.41) is 10.6. The lowest BCUT2D eigenvalue weighted by Gasteiger charge is -2.14. The fraction of sp³-hybridized carbons (Fsp3) is 0.375. The highest BCUT2D eigenvalue weighted by atomic mass is 16.5. The fourth-order valence-corrected chi connectivity index (χ4v) is 2.50. The normalized spacial score (nSPS) is 10.8. The van der Waals surface area contributed by atoms with E-state index in [4.69, 9.17) is 5.73 Å². The number of ether oxygens (including phenoxy) is 1. The first kappa shape index (κ1) is 15.9. The third-order valence-electron chi connectivity index (χ3n) is 3.62. The minimum Gasteiger partial charge on any atom is -0.504 e. The molecule has 6 heteroatoms. The van der Waals surface area contributed by atoms with Crippen molar-refractivity contribution in [1.82, 2.24) is 4.57 Å². The van der Waals surface area contributed by atoms with Crippen LogP contribution in [-0.4, -0.2) is 16.1 Å². The second kappa shape index (κ2) is 6.98. The average Bonchev–Trinajstić information content (AvgIpc) is 2.50. The summed E-state index contributed by atoms with van der Waals surface area (Å²) < 4.78 is 6.18. The molecule has 0 saturated carbocycles. The van der Waals surface area contributed by atoms with Crippen LogP contribution in [0.25, 0.3) is 10.9 Å². The molecule has 6 nitrogen and oxygen atoms in total. The molecule has 0 radical (unpaired) electrons. The Morgan fingerprint density at radius 3 is 2.77 bits per heavy atom. The predicted molar refractivity (Wildman–Crippen MR) is 85.1 cm³/mol. The number of rotatable bonds is 7. The topological polar surface area (TPSA) is 94.5 Å². The maximum atomic E-state index is 12.4. The van der Waals surface area contributed by atoms with Gasteiger partial charge >= 0.3 is 0 Å². The number of hydrogen-bond donors (Lipinski definition) is 2. The summed E-state index contributed by atoms with van der Waals surface area (Å²) in [4.78, 5) is 23.0. The van der Waals surface area contributed by atoms with Crippen molar-refractivity contribution in [3.8, 4) is 11.5 Å². The lowest BCUT2D eigenvalue weighted by Crippen LogP contribution is -2.22. The number of carbonyl (C=O) groups excluding carboxylic acids is 1. The molecule has 0 amide bonds. The van der Waals surface area contributed by atoms with E-state index in [-0.39, 0.29) is 18.0 Å². The summed E-state index contributed by atoms with van der Waals surface area (Å²) >= 11 is 0. The van der Waals surface area contributed by atoms with Gasteiger partial charge < -0.3 is 20.1 Å². The first-order valence-electron chi connectivity index (χ1n) is 7.35. The summed E-state index contributed by atoms with van der Waals surface area (Å²) in [5.41, 5.74) is 6.29. The minimum atomic E-state index is -0.529. The van der Waals surface area contributed by atoms with Crippen molar-refractivity contribution in [2.75, 3.05) is 5.73 Å². The van der Waals surface area contributed by atoms with Crippen molar-refractivity contribution in [1.29, 1.82) is 0 Å². The SMILES string of the molecule is CCCCCCn1c(=O)c(OC=O)c(O)c2ccc(N)cc21. The zero-order valence-corrected chi connectivity index (χ0v) is 12.5. The Labute approximate surface area is 128 Å². The Bertz CT molecular complexity index is 737. The summed E-state index contributed by atoms with van der Waals surface area (Å²) in [5.74, 6) is -0.681. The molecule has 22 heavy (non-hydrogen) atoms. The third-order valence-corrected chi connectivity index (χ3v) is 3.62. The number of nitrogens with zero attached hydrogens (tertiary/aromatic N) is 1. The van der Waals surface area contributed by atoms with Gasteiger partial charge in [-0.3, -0.25) is 9.59 Å². The van der Waals surface area contributed by atoms with Gasteiger partial charge in [0.2, 0.25) is 5.75 Å². The van der Waals surface area contributed by atoms with Crippen LogP contribution in [0.15, 0.2) is 23.0 Å². The van der Waals surface area contributed by atoms with E-state index in [1.54, 1.807) is 18.2 Å². The molecular formula is C16H20N2O4. The summed E-state index contributed by atoms with van der Waals surface area (Å²) in [7, 11) is 0. The number of hydrogen-bond acceptors (Lipinski definition) is 5. The summed E-state index contributed by atoms with van der Waals surface area (Å²) in [6, 6.07) is 4.87. The van der Waals surface area contributed by atoms with Crippen LogP contribution in [0.5, 0.6) is 11.5 Å². The van der Waals surface area contributed by atoms with Gasteiger partial charge in [-0.1, -0.05) is 26.2 Å². The number of benzene rings is 1. The molecule has 1 heterocycles. The van der Waals surface area contributed by atoms with Crippen LogP contribution in [0.1, 0.15) is 32.6 Å². The van der Waals surface area contributed by atoms with Crippen LogP contribution in [-0.2, 0) is 11.3 Å². The number of carbonyl (C=O) groups is 1. The molecule has 1 aromatic heterocycles. The largest absolute Gasteiger partial charge is 0.504 e. The standard InChI is InChI=1S/C16H20N2O4/c1-2-3-4-5-8-18-13-9-11(17)6-7-12(13)14(20)15(16(18)21)22-10-19/h6-7,9-10,20H,2-5,8,17H2,1H3. The lowest BCUT2D eigenvalue weighted by atomic mass is 10.1. The molecule has 118 valence electrons. The van der Waals surface area contributed by atoms with Crippen molar-refractivity contribution in [2.45, 2.75) is 39.2 Å². The van der Waals surface area contributed by atoms with E-state index in [9.17, 15) is 14.7 Å². The van der Waals surface area contributed by atoms with E-state index in [0.29, 0.717) is 23.1 Å². The molecule has 0 spiro atoms. The maximum Gasteiger partial charge on any atom is 0.298 e. The summed E-state index contributed by atoms with van der Waals surface area (Å²) in [6.45, 7) is 2.73. The predicted octanol–water partition coefficient (Wildman–Crippen LogP) is 2.40. The molecule has 1 aromatic carbocycles. The Hall–Kier alpha value is -2.50. The van der Waals surface area contributed by atoms with Gasteiger partial charge in [0, 0.05) is 17.6 Å². The number of aromatic hydroxyl groups is 1. The van der Waals surface area contributed by atoms with Gasteiger partial charge in [-0.25, -0.2) is 0 Å². The third kappa shape index (κ3) is 3.05. The number of aryl methyl sites for hydroxylation is 1. The number of pyridine rings is 1. The van der Waals surface area contributed by atoms with Crippen molar-refractivity contribution in [3.05, 3.63) is 28.6 Å². The van der Waals surface area contributed by atoms with E-state index >= 15 is 0 Å². The molecule has 0 saturated heterocycles. The van der Waals surface area contributed by atoms with Gasteiger partial charge in [-0.05, 0) is 24.6 Å². The second-order valence-corrected chi connectivity index (χ2v) is 5.19. The second-order valence-electron chi connectivity index (χ2n) is 5.19. The molecule has 2 rings (SSSR count). The molecule has 3 N–H and O–H groups in total. The van der Waals surface area contributed by atoms with Crippen LogP contribution in [0, 0.1) is 0 Å². The smallest absolute Gasteiger partial charge is 0.298 e. The van der Waals surface area contributed by atoms with Crippen molar-refractivity contribution in [2.24, 2.45) is 0 Å². The zero-order chi connectivity index (χ0) is 16.1. The van der Waals surface area contributed by atoms with Gasteiger partial charge in [-0.2, -0.15) is 0 Å².